The Morgan fingerprint density at radius 2 is 1.68 bits per heavy atom. The van der Waals surface area contributed by atoms with Crippen molar-refractivity contribution in [2.45, 2.75) is 32.1 Å². The van der Waals surface area contributed by atoms with Crippen LogP contribution in [0.4, 0.5) is 5.69 Å². The molecule has 3 heterocycles. The van der Waals surface area contributed by atoms with Gasteiger partial charge in [0.1, 0.15) is 11.4 Å². The Balaban J connectivity index is 1.13. The highest BCUT2D eigenvalue weighted by Crippen LogP contribution is 2.32. The van der Waals surface area contributed by atoms with Crippen molar-refractivity contribution >= 4 is 40.4 Å². The van der Waals surface area contributed by atoms with Gasteiger partial charge in [-0.1, -0.05) is 41.9 Å². The first kappa shape index (κ1) is 26.5. The number of benzene rings is 2. The average molecular weight is 553 g/mol. The number of thiazole rings is 1. The number of nitrogens with zero attached hydrogens (tertiary/aromatic N) is 4. The summed E-state index contributed by atoms with van der Waals surface area (Å²) >= 11 is 7.79. The second-order valence-electron chi connectivity index (χ2n) is 9.67. The largest absolute Gasteiger partial charge is 0.492 e. The van der Waals surface area contributed by atoms with Gasteiger partial charge >= 0.3 is 0 Å². The van der Waals surface area contributed by atoms with E-state index in [4.69, 9.17) is 21.3 Å². The second-order valence-corrected chi connectivity index (χ2v) is 11.0. The Morgan fingerprint density at radius 3 is 2.42 bits per heavy atom. The number of likely N-dealkylation sites (tertiary alicyclic amines) is 1. The van der Waals surface area contributed by atoms with E-state index in [0.29, 0.717) is 49.9 Å². The topological polar surface area (TPSA) is 66.0 Å². The zero-order valence-corrected chi connectivity index (χ0v) is 23.2. The van der Waals surface area contributed by atoms with E-state index >= 15 is 0 Å². The molecule has 5 rings (SSSR count). The Hall–Kier alpha value is -3.10. The molecule has 200 valence electrons. The molecule has 38 heavy (non-hydrogen) atoms. The Labute approximate surface area is 233 Å². The number of anilines is 1. The summed E-state index contributed by atoms with van der Waals surface area (Å²) in [5.41, 5.74) is 2.48. The molecule has 3 aromatic rings. The fourth-order valence-electron chi connectivity index (χ4n) is 5.17. The van der Waals surface area contributed by atoms with Gasteiger partial charge in [-0.25, -0.2) is 4.98 Å². The minimum atomic E-state index is -0.00223. The first-order valence-electron chi connectivity index (χ1n) is 13.3. The highest BCUT2D eigenvalue weighted by atomic mass is 35.5. The van der Waals surface area contributed by atoms with E-state index in [1.54, 1.807) is 11.3 Å². The van der Waals surface area contributed by atoms with Gasteiger partial charge in [0, 0.05) is 55.6 Å². The minimum Gasteiger partial charge on any atom is -0.492 e. The number of para-hydroxylation sites is 2. The Morgan fingerprint density at radius 1 is 0.974 bits per heavy atom. The first-order valence-corrected chi connectivity index (χ1v) is 14.5. The van der Waals surface area contributed by atoms with Crippen molar-refractivity contribution in [3.8, 4) is 5.75 Å². The van der Waals surface area contributed by atoms with Crippen LogP contribution in [0.1, 0.15) is 46.7 Å². The van der Waals surface area contributed by atoms with Gasteiger partial charge in [0.25, 0.3) is 5.91 Å². The van der Waals surface area contributed by atoms with Gasteiger partial charge in [-0.05, 0) is 43.5 Å². The smallest absolute Gasteiger partial charge is 0.273 e. The van der Waals surface area contributed by atoms with Gasteiger partial charge in [0.15, 0.2) is 0 Å². The van der Waals surface area contributed by atoms with Crippen LogP contribution >= 0.6 is 22.9 Å². The molecule has 2 fully saturated rings. The number of piperazine rings is 1. The first-order chi connectivity index (χ1) is 18.5. The lowest BCUT2D eigenvalue weighted by atomic mass is 9.97. The van der Waals surface area contributed by atoms with E-state index in [0.717, 1.165) is 47.9 Å². The van der Waals surface area contributed by atoms with Gasteiger partial charge < -0.3 is 19.4 Å². The molecular weight excluding hydrogens is 520 g/mol. The summed E-state index contributed by atoms with van der Waals surface area (Å²) in [6, 6.07) is 15.6. The molecule has 0 aliphatic carbocycles. The summed E-state index contributed by atoms with van der Waals surface area (Å²) in [7, 11) is 0. The molecule has 0 bridgehead atoms. The van der Waals surface area contributed by atoms with Gasteiger partial charge in [0.05, 0.1) is 23.7 Å². The molecule has 0 saturated carbocycles. The molecule has 0 N–H and O–H groups in total. The van der Waals surface area contributed by atoms with Crippen LogP contribution in [-0.2, 0) is 11.2 Å². The maximum absolute atomic E-state index is 13.2. The molecule has 2 saturated heterocycles. The molecule has 0 spiro atoms. The Bertz CT molecular complexity index is 1270. The number of piperidine rings is 1. The molecule has 2 aromatic carbocycles. The molecule has 2 aliphatic heterocycles. The predicted octanol–water partition coefficient (Wildman–Crippen LogP) is 5.11. The molecule has 0 atom stereocenters. The second kappa shape index (κ2) is 12.2. The molecule has 7 nitrogen and oxygen atoms in total. The highest BCUT2D eigenvalue weighted by Gasteiger charge is 2.29. The van der Waals surface area contributed by atoms with Crippen molar-refractivity contribution in [2.75, 3.05) is 50.8 Å². The predicted molar refractivity (Wildman–Crippen MR) is 152 cm³/mol. The number of halogens is 1. The number of aromatic nitrogens is 1. The Kier molecular flexibility index (Phi) is 8.49. The normalized spacial score (nSPS) is 16.5. The van der Waals surface area contributed by atoms with Gasteiger partial charge in [-0.15, -0.1) is 11.3 Å². The monoisotopic (exact) mass is 552 g/mol. The summed E-state index contributed by atoms with van der Waals surface area (Å²) in [5, 5.41) is 3.52. The van der Waals surface area contributed by atoms with Crippen LogP contribution in [0, 0.1) is 0 Å². The van der Waals surface area contributed by atoms with Gasteiger partial charge in [-0.2, -0.15) is 0 Å². The van der Waals surface area contributed by atoms with E-state index in [-0.39, 0.29) is 17.7 Å². The molecule has 0 radical (unpaired) electrons. The maximum Gasteiger partial charge on any atom is 0.273 e. The van der Waals surface area contributed by atoms with E-state index < -0.39 is 0 Å². The number of hydrogen-bond donors (Lipinski definition) is 0. The van der Waals surface area contributed by atoms with E-state index in [1.807, 2.05) is 64.6 Å². The van der Waals surface area contributed by atoms with E-state index in [9.17, 15) is 9.59 Å². The van der Waals surface area contributed by atoms with Crippen molar-refractivity contribution in [3.63, 3.8) is 0 Å². The average Bonchev–Trinajstić information content (AvgIpc) is 3.45. The number of rotatable bonds is 7. The van der Waals surface area contributed by atoms with E-state index in [2.05, 4.69) is 11.0 Å². The summed E-state index contributed by atoms with van der Waals surface area (Å²) < 4.78 is 5.79. The number of carbonyl (C=O) groups is 2. The van der Waals surface area contributed by atoms with Crippen molar-refractivity contribution in [3.05, 3.63) is 75.2 Å². The van der Waals surface area contributed by atoms with Crippen molar-refractivity contribution in [1.29, 1.82) is 0 Å². The number of amides is 2. The minimum absolute atomic E-state index is 0.00223. The lowest BCUT2D eigenvalue weighted by Gasteiger charge is -2.36. The fraction of sp³-hybridized carbons (Fsp3) is 0.414. The van der Waals surface area contributed by atoms with Crippen LogP contribution < -0.4 is 9.64 Å². The molecule has 9 heteroatoms. The SMILES string of the molecule is CCOc1ccccc1N1CCN(C(=O)c2csc(C3CCN(C(=O)Cc4ccccc4Cl)CC3)n2)CC1. The third-order valence-electron chi connectivity index (χ3n) is 7.31. The van der Waals surface area contributed by atoms with Crippen molar-refractivity contribution in [2.24, 2.45) is 0 Å². The highest BCUT2D eigenvalue weighted by molar-refractivity contribution is 7.09. The molecule has 0 unspecified atom stereocenters. The molecular formula is C29H33ClN4O3S. The number of carbonyl (C=O) groups excluding carboxylic acids is 2. The molecule has 2 amide bonds. The third kappa shape index (κ3) is 5.97. The van der Waals surface area contributed by atoms with Gasteiger partial charge in [0.2, 0.25) is 5.91 Å². The fourth-order valence-corrected chi connectivity index (χ4v) is 6.34. The third-order valence-corrected chi connectivity index (χ3v) is 8.69. The zero-order chi connectivity index (χ0) is 26.5. The van der Waals surface area contributed by atoms with E-state index in [1.165, 1.54) is 0 Å². The summed E-state index contributed by atoms with van der Waals surface area (Å²) in [4.78, 5) is 36.8. The van der Waals surface area contributed by atoms with Crippen molar-refractivity contribution in [1.82, 2.24) is 14.8 Å². The maximum atomic E-state index is 13.2. The number of hydrogen-bond acceptors (Lipinski definition) is 6. The van der Waals surface area contributed by atoms with Crippen LogP contribution in [-0.4, -0.2) is 72.5 Å². The lowest BCUT2D eigenvalue weighted by molar-refractivity contribution is -0.131. The summed E-state index contributed by atoms with van der Waals surface area (Å²) in [5.74, 6) is 1.26. The zero-order valence-electron chi connectivity index (χ0n) is 21.6. The lowest BCUT2D eigenvalue weighted by Crippen LogP contribution is -2.49. The standard InChI is InChI=1S/C29H33ClN4O3S/c1-2-37-26-10-6-5-9-25(26)32-15-17-34(18-16-32)29(36)24-20-38-28(31-24)21-11-13-33(14-12-21)27(35)19-22-7-3-4-8-23(22)30/h3-10,20-21H,2,11-19H2,1H3. The molecule has 1 aromatic heterocycles. The molecule has 2 aliphatic rings. The summed E-state index contributed by atoms with van der Waals surface area (Å²) in [6.45, 7) is 6.82. The quantitative estimate of drug-likeness (QED) is 0.408. The summed E-state index contributed by atoms with van der Waals surface area (Å²) in [6.07, 6.45) is 2.03. The van der Waals surface area contributed by atoms with Crippen LogP contribution in [0.5, 0.6) is 5.75 Å². The number of ether oxygens (including phenoxy) is 1. The van der Waals surface area contributed by atoms with Crippen LogP contribution in [0.15, 0.2) is 53.9 Å². The van der Waals surface area contributed by atoms with Gasteiger partial charge in [-0.3, -0.25) is 9.59 Å². The van der Waals surface area contributed by atoms with Crippen LogP contribution in [0.25, 0.3) is 0 Å². The van der Waals surface area contributed by atoms with Crippen molar-refractivity contribution < 1.29 is 14.3 Å². The van der Waals surface area contributed by atoms with Crippen LogP contribution in [0.3, 0.4) is 0 Å². The van der Waals surface area contributed by atoms with Crippen LogP contribution in [0.2, 0.25) is 5.02 Å².